The van der Waals surface area contributed by atoms with Crippen LogP contribution < -0.4 is 9.44 Å². The molecular weight excluding hydrogens is 436 g/mol. The van der Waals surface area contributed by atoms with E-state index in [1.807, 2.05) is 31.3 Å². The Bertz CT molecular complexity index is 1270. The Hall–Kier alpha value is -2.69. The highest BCUT2D eigenvalue weighted by Crippen LogP contribution is 2.19. The van der Waals surface area contributed by atoms with Crippen molar-refractivity contribution in [3.05, 3.63) is 65.9 Å². The number of fused-ring (bicyclic) bond motifs is 1. The van der Waals surface area contributed by atoms with E-state index in [9.17, 15) is 16.8 Å². The minimum Gasteiger partial charge on any atom is -0.300 e. The molecule has 0 radical (unpaired) electrons. The molecule has 0 amide bonds. The van der Waals surface area contributed by atoms with Crippen LogP contribution in [0.15, 0.2) is 54.6 Å². The smallest absolute Gasteiger partial charge is 0.229 e. The fourth-order valence-corrected chi connectivity index (χ4v) is 4.28. The van der Waals surface area contributed by atoms with E-state index in [-0.39, 0.29) is 0 Å². The minimum absolute atomic E-state index is 0.513. The van der Waals surface area contributed by atoms with Crippen LogP contribution in [0.4, 0.5) is 11.4 Å². The summed E-state index contributed by atoms with van der Waals surface area (Å²) in [5, 5.41) is 0.864. The Morgan fingerprint density at radius 1 is 0.839 bits per heavy atom. The normalized spacial score (nSPS) is 12.3. The molecule has 0 spiro atoms. The maximum Gasteiger partial charge on any atom is 0.229 e. The quantitative estimate of drug-likeness (QED) is 0.506. The number of aromatic nitrogens is 1. The van der Waals surface area contributed by atoms with Crippen LogP contribution in [0.1, 0.15) is 11.3 Å². The molecule has 0 aliphatic heterocycles. The predicted molar refractivity (Wildman–Crippen MR) is 125 cm³/mol. The summed E-state index contributed by atoms with van der Waals surface area (Å²) in [4.78, 5) is 6.83. The van der Waals surface area contributed by atoms with Gasteiger partial charge in [-0.2, -0.15) is 0 Å². The van der Waals surface area contributed by atoms with Crippen molar-refractivity contribution in [1.82, 2.24) is 9.88 Å². The lowest BCUT2D eigenvalue weighted by atomic mass is 10.1. The largest absolute Gasteiger partial charge is 0.300 e. The van der Waals surface area contributed by atoms with Crippen molar-refractivity contribution in [3.63, 3.8) is 0 Å². The van der Waals surface area contributed by atoms with Crippen molar-refractivity contribution in [2.45, 2.75) is 13.0 Å². The highest BCUT2D eigenvalue weighted by atomic mass is 32.2. The Kier molecular flexibility index (Phi) is 6.83. The van der Waals surface area contributed by atoms with Gasteiger partial charge in [0.25, 0.3) is 0 Å². The van der Waals surface area contributed by atoms with Crippen molar-refractivity contribution in [3.8, 4) is 0 Å². The molecule has 166 valence electrons. The van der Waals surface area contributed by atoms with Crippen LogP contribution in [0.5, 0.6) is 0 Å². The van der Waals surface area contributed by atoms with Gasteiger partial charge in [0.1, 0.15) is 0 Å². The molecule has 3 aromatic rings. The maximum absolute atomic E-state index is 11.4. The van der Waals surface area contributed by atoms with E-state index in [2.05, 4.69) is 19.3 Å². The molecular formula is C21H26N4O4S2. The van der Waals surface area contributed by atoms with Gasteiger partial charge >= 0.3 is 0 Å². The molecule has 0 aliphatic carbocycles. The van der Waals surface area contributed by atoms with E-state index in [1.54, 1.807) is 30.3 Å². The lowest BCUT2D eigenvalue weighted by Crippen LogP contribution is -2.21. The molecule has 3 rings (SSSR count). The van der Waals surface area contributed by atoms with Crippen molar-refractivity contribution in [1.29, 1.82) is 0 Å². The highest BCUT2D eigenvalue weighted by molar-refractivity contribution is 7.92. The standard InChI is InChI=1S/C21H26N4O4S2/c1-25(13-12-16-4-7-18(8-5-16)23-30(2,26)27)15-20-9-6-17-14-19(24-31(3,28)29)10-11-21(17)22-20/h4-11,14,23-24H,12-13,15H2,1-3H3. The fraction of sp³-hybridized carbons (Fsp3) is 0.286. The lowest BCUT2D eigenvalue weighted by molar-refractivity contribution is 0.327. The second-order valence-corrected chi connectivity index (χ2v) is 11.1. The van der Waals surface area contributed by atoms with Crippen LogP contribution in [0.25, 0.3) is 10.9 Å². The van der Waals surface area contributed by atoms with E-state index >= 15 is 0 Å². The van der Waals surface area contributed by atoms with Gasteiger partial charge in [0, 0.05) is 29.9 Å². The van der Waals surface area contributed by atoms with Gasteiger partial charge in [-0.25, -0.2) is 16.8 Å². The van der Waals surface area contributed by atoms with Crippen molar-refractivity contribution < 1.29 is 16.8 Å². The summed E-state index contributed by atoms with van der Waals surface area (Å²) in [6.07, 6.45) is 3.07. The molecule has 0 bridgehead atoms. The average molecular weight is 463 g/mol. The number of nitrogens with zero attached hydrogens (tertiary/aromatic N) is 2. The van der Waals surface area contributed by atoms with Gasteiger partial charge in [-0.05, 0) is 55.4 Å². The van der Waals surface area contributed by atoms with Crippen molar-refractivity contribution in [2.75, 3.05) is 35.5 Å². The summed E-state index contributed by atoms with van der Waals surface area (Å²) in [6, 6.07) is 16.5. The zero-order chi connectivity index (χ0) is 22.6. The van der Waals surface area contributed by atoms with E-state index in [0.717, 1.165) is 47.6 Å². The Morgan fingerprint density at radius 3 is 2.10 bits per heavy atom. The average Bonchev–Trinajstić information content (AvgIpc) is 2.65. The van der Waals surface area contributed by atoms with Crippen LogP contribution in [0.3, 0.4) is 0 Å². The van der Waals surface area contributed by atoms with E-state index in [1.165, 1.54) is 0 Å². The van der Waals surface area contributed by atoms with Gasteiger partial charge in [0.2, 0.25) is 20.0 Å². The molecule has 0 unspecified atom stereocenters. The van der Waals surface area contributed by atoms with Crippen molar-refractivity contribution >= 4 is 42.3 Å². The summed E-state index contributed by atoms with van der Waals surface area (Å²) in [6.45, 7) is 1.49. The summed E-state index contributed by atoms with van der Waals surface area (Å²) >= 11 is 0. The number of nitrogens with one attached hydrogen (secondary N) is 2. The zero-order valence-electron chi connectivity index (χ0n) is 17.7. The first kappa shape index (κ1) is 23.0. The second kappa shape index (κ2) is 9.21. The number of benzene rings is 2. The first-order chi connectivity index (χ1) is 14.5. The molecule has 0 aliphatic rings. The van der Waals surface area contributed by atoms with Crippen LogP contribution in [-0.2, 0) is 33.0 Å². The van der Waals surface area contributed by atoms with Gasteiger partial charge in [0.15, 0.2) is 0 Å². The first-order valence-corrected chi connectivity index (χ1v) is 13.4. The first-order valence-electron chi connectivity index (χ1n) is 9.60. The topological polar surface area (TPSA) is 108 Å². The zero-order valence-corrected chi connectivity index (χ0v) is 19.3. The molecule has 10 heteroatoms. The van der Waals surface area contributed by atoms with Gasteiger partial charge in [0.05, 0.1) is 23.7 Å². The molecule has 1 aromatic heterocycles. The Balaban J connectivity index is 1.58. The monoisotopic (exact) mass is 462 g/mol. The third-order valence-corrected chi connectivity index (χ3v) is 5.73. The number of hydrogen-bond acceptors (Lipinski definition) is 6. The molecule has 0 atom stereocenters. The number of anilines is 2. The Morgan fingerprint density at radius 2 is 1.45 bits per heavy atom. The Labute approximate surface area is 183 Å². The van der Waals surface area contributed by atoms with Crippen LogP contribution in [-0.4, -0.2) is 52.8 Å². The maximum atomic E-state index is 11.4. The predicted octanol–water partition coefficient (Wildman–Crippen LogP) is 2.65. The highest BCUT2D eigenvalue weighted by Gasteiger charge is 2.07. The second-order valence-electron chi connectivity index (χ2n) is 7.64. The number of rotatable bonds is 9. The lowest BCUT2D eigenvalue weighted by Gasteiger charge is -2.17. The van der Waals surface area contributed by atoms with E-state index in [4.69, 9.17) is 0 Å². The van der Waals surface area contributed by atoms with Gasteiger partial charge in [-0.3, -0.25) is 14.4 Å². The van der Waals surface area contributed by atoms with Crippen molar-refractivity contribution in [2.24, 2.45) is 0 Å². The molecule has 0 saturated carbocycles. The molecule has 8 nitrogen and oxygen atoms in total. The number of sulfonamides is 2. The molecule has 0 fully saturated rings. The molecule has 2 aromatic carbocycles. The molecule has 1 heterocycles. The van der Waals surface area contributed by atoms with E-state index < -0.39 is 20.0 Å². The third kappa shape index (κ3) is 7.50. The van der Waals surface area contributed by atoms with Gasteiger partial charge < -0.3 is 4.90 Å². The van der Waals surface area contributed by atoms with Gasteiger partial charge in [-0.1, -0.05) is 18.2 Å². The number of likely N-dealkylation sites (N-methyl/N-ethyl adjacent to an activating group) is 1. The third-order valence-electron chi connectivity index (χ3n) is 4.52. The van der Waals surface area contributed by atoms with E-state index in [0.29, 0.717) is 17.9 Å². The fourth-order valence-electron chi connectivity index (χ4n) is 3.16. The summed E-state index contributed by atoms with van der Waals surface area (Å²) < 4.78 is 50.3. The summed E-state index contributed by atoms with van der Waals surface area (Å²) in [7, 11) is -4.57. The van der Waals surface area contributed by atoms with Crippen LogP contribution >= 0.6 is 0 Å². The van der Waals surface area contributed by atoms with Gasteiger partial charge in [-0.15, -0.1) is 0 Å². The van der Waals surface area contributed by atoms with Crippen LogP contribution in [0, 0.1) is 0 Å². The summed E-state index contributed by atoms with van der Waals surface area (Å²) in [5.74, 6) is 0. The number of pyridine rings is 1. The molecule has 31 heavy (non-hydrogen) atoms. The van der Waals surface area contributed by atoms with Crippen LogP contribution in [0.2, 0.25) is 0 Å². The minimum atomic E-state index is -3.32. The number of hydrogen-bond donors (Lipinski definition) is 2. The SMILES string of the molecule is CN(CCc1ccc(NS(C)(=O)=O)cc1)Cc1ccc2cc(NS(C)(=O)=O)ccc2n1. The molecule has 2 N–H and O–H groups in total. The molecule has 0 saturated heterocycles. The summed E-state index contributed by atoms with van der Waals surface area (Å²) in [5.41, 5.74) is 3.91.